The molecule has 1 aliphatic rings. The van der Waals surface area contributed by atoms with E-state index in [1.165, 1.54) is 31.4 Å². The van der Waals surface area contributed by atoms with Gasteiger partial charge in [0.2, 0.25) is 0 Å². The van der Waals surface area contributed by atoms with E-state index in [4.69, 9.17) is 0 Å². The van der Waals surface area contributed by atoms with Gasteiger partial charge in [-0.1, -0.05) is 6.42 Å². The Bertz CT molecular complexity index is 574. The second kappa shape index (κ2) is 8.06. The van der Waals surface area contributed by atoms with Crippen molar-refractivity contribution in [3.8, 4) is 0 Å². The van der Waals surface area contributed by atoms with Gasteiger partial charge in [-0.25, -0.2) is 0 Å². The molecule has 0 aromatic heterocycles. The summed E-state index contributed by atoms with van der Waals surface area (Å²) < 4.78 is 0. The molecule has 1 heterocycles. The van der Waals surface area contributed by atoms with E-state index in [0.29, 0.717) is 23.7 Å². The number of nitrogens with zero attached hydrogens (tertiary/aromatic N) is 2. The Kier molecular flexibility index (Phi) is 6.10. The third-order valence-electron chi connectivity index (χ3n) is 4.50. The number of hydrogen-bond donors (Lipinski definition) is 1. The summed E-state index contributed by atoms with van der Waals surface area (Å²) in [6.45, 7) is 6.68. The number of nitrogens with one attached hydrogen (secondary N) is 1. The lowest BCUT2D eigenvalue weighted by Crippen LogP contribution is -2.39. The summed E-state index contributed by atoms with van der Waals surface area (Å²) in [5, 5.41) is 13.7. The fraction of sp³-hybridized carbons (Fsp3) is 0.588. The average Bonchev–Trinajstić information content (AvgIpc) is 2.52. The van der Waals surface area contributed by atoms with Gasteiger partial charge in [-0.3, -0.25) is 14.9 Å². The standard InChI is InChI=1S/C17H25N3O3/c1-13-12-15(7-8-16(13)20(22)23)17(21)18-9-5-11-19-10-4-3-6-14(19)2/h7-8,12,14H,3-6,9-11H2,1-2H3,(H,18,21)/t14-/m1/s1. The number of hydrogen-bond acceptors (Lipinski definition) is 4. The number of nitro benzene ring substituents is 1. The van der Waals surface area contributed by atoms with E-state index < -0.39 is 4.92 Å². The van der Waals surface area contributed by atoms with Crippen LogP contribution < -0.4 is 5.32 Å². The van der Waals surface area contributed by atoms with Crippen molar-refractivity contribution in [2.24, 2.45) is 0 Å². The fourth-order valence-electron chi connectivity index (χ4n) is 3.08. The molecule has 1 aliphatic heterocycles. The monoisotopic (exact) mass is 319 g/mol. The highest BCUT2D eigenvalue weighted by molar-refractivity contribution is 5.94. The molecular formula is C17H25N3O3. The largest absolute Gasteiger partial charge is 0.352 e. The highest BCUT2D eigenvalue weighted by atomic mass is 16.6. The van der Waals surface area contributed by atoms with Crippen molar-refractivity contribution in [1.82, 2.24) is 10.2 Å². The molecule has 1 fully saturated rings. The molecule has 0 saturated carbocycles. The van der Waals surface area contributed by atoms with E-state index in [-0.39, 0.29) is 11.6 Å². The summed E-state index contributed by atoms with van der Waals surface area (Å²) in [6, 6.07) is 5.10. The highest BCUT2D eigenvalue weighted by Gasteiger charge is 2.17. The molecular weight excluding hydrogens is 294 g/mol. The van der Waals surface area contributed by atoms with Crippen molar-refractivity contribution >= 4 is 11.6 Å². The Hall–Kier alpha value is -1.95. The molecule has 126 valence electrons. The minimum absolute atomic E-state index is 0.0423. The van der Waals surface area contributed by atoms with Crippen molar-refractivity contribution in [2.45, 2.75) is 45.6 Å². The highest BCUT2D eigenvalue weighted by Crippen LogP contribution is 2.19. The Morgan fingerprint density at radius 2 is 2.22 bits per heavy atom. The Morgan fingerprint density at radius 1 is 1.43 bits per heavy atom. The van der Waals surface area contributed by atoms with Crippen molar-refractivity contribution in [2.75, 3.05) is 19.6 Å². The number of aryl methyl sites for hydroxylation is 1. The second-order valence-corrected chi connectivity index (χ2v) is 6.25. The molecule has 1 saturated heterocycles. The van der Waals surface area contributed by atoms with E-state index in [1.807, 2.05) is 0 Å². The molecule has 1 atom stereocenters. The molecule has 0 radical (unpaired) electrons. The van der Waals surface area contributed by atoms with Gasteiger partial charge in [-0.15, -0.1) is 0 Å². The number of piperidine rings is 1. The van der Waals surface area contributed by atoms with Crippen LogP contribution in [0.15, 0.2) is 18.2 Å². The van der Waals surface area contributed by atoms with E-state index in [9.17, 15) is 14.9 Å². The van der Waals surface area contributed by atoms with Crippen LogP contribution in [0.5, 0.6) is 0 Å². The molecule has 1 aromatic rings. The van der Waals surface area contributed by atoms with Gasteiger partial charge in [-0.05, 0) is 51.8 Å². The first-order chi connectivity index (χ1) is 11.0. The zero-order valence-electron chi connectivity index (χ0n) is 13.9. The predicted molar refractivity (Wildman–Crippen MR) is 89.7 cm³/mol. The van der Waals surface area contributed by atoms with Gasteiger partial charge in [0, 0.05) is 36.3 Å². The summed E-state index contributed by atoms with van der Waals surface area (Å²) in [5.41, 5.74) is 1.02. The maximum atomic E-state index is 12.1. The first-order valence-electron chi connectivity index (χ1n) is 8.26. The smallest absolute Gasteiger partial charge is 0.272 e. The quantitative estimate of drug-likeness (QED) is 0.497. The van der Waals surface area contributed by atoms with Crippen LogP contribution in [0, 0.1) is 17.0 Å². The molecule has 1 amide bonds. The summed E-state index contributed by atoms with van der Waals surface area (Å²) in [7, 11) is 0. The molecule has 0 unspecified atom stereocenters. The number of rotatable bonds is 6. The lowest BCUT2D eigenvalue weighted by molar-refractivity contribution is -0.385. The van der Waals surface area contributed by atoms with Gasteiger partial charge in [0.15, 0.2) is 0 Å². The zero-order chi connectivity index (χ0) is 16.8. The van der Waals surface area contributed by atoms with Crippen molar-refractivity contribution in [3.05, 3.63) is 39.4 Å². The van der Waals surface area contributed by atoms with Gasteiger partial charge in [0.05, 0.1) is 4.92 Å². The Morgan fingerprint density at radius 3 is 2.87 bits per heavy atom. The van der Waals surface area contributed by atoms with Gasteiger partial charge >= 0.3 is 0 Å². The third kappa shape index (κ3) is 4.76. The predicted octanol–water partition coefficient (Wildman–Crippen LogP) is 2.90. The number of carbonyl (C=O) groups is 1. The van der Waals surface area contributed by atoms with Crippen LogP contribution in [0.25, 0.3) is 0 Å². The molecule has 1 aromatic carbocycles. The summed E-state index contributed by atoms with van der Waals surface area (Å²) >= 11 is 0. The van der Waals surface area contributed by atoms with Crippen molar-refractivity contribution in [3.63, 3.8) is 0 Å². The Balaban J connectivity index is 1.78. The van der Waals surface area contributed by atoms with Gasteiger partial charge in [-0.2, -0.15) is 0 Å². The molecule has 23 heavy (non-hydrogen) atoms. The SMILES string of the molecule is Cc1cc(C(=O)NCCCN2CCCC[C@H]2C)ccc1[N+](=O)[O-]. The van der Waals surface area contributed by atoms with Crippen LogP contribution in [0.3, 0.4) is 0 Å². The molecule has 6 nitrogen and oxygen atoms in total. The molecule has 6 heteroatoms. The zero-order valence-corrected chi connectivity index (χ0v) is 13.9. The first kappa shape index (κ1) is 17.4. The van der Waals surface area contributed by atoms with Crippen LogP contribution in [0.1, 0.15) is 48.5 Å². The second-order valence-electron chi connectivity index (χ2n) is 6.25. The molecule has 2 rings (SSSR count). The van der Waals surface area contributed by atoms with Crippen LogP contribution in [0.2, 0.25) is 0 Å². The number of nitro groups is 1. The fourth-order valence-corrected chi connectivity index (χ4v) is 3.08. The molecule has 0 bridgehead atoms. The van der Waals surface area contributed by atoms with Gasteiger partial charge in [0.1, 0.15) is 0 Å². The number of likely N-dealkylation sites (tertiary alicyclic amines) is 1. The van der Waals surface area contributed by atoms with Crippen LogP contribution in [0.4, 0.5) is 5.69 Å². The van der Waals surface area contributed by atoms with E-state index in [0.717, 1.165) is 19.5 Å². The number of amides is 1. The van der Waals surface area contributed by atoms with Crippen molar-refractivity contribution < 1.29 is 9.72 Å². The normalized spacial score (nSPS) is 18.6. The van der Waals surface area contributed by atoms with Gasteiger partial charge in [0.25, 0.3) is 11.6 Å². The summed E-state index contributed by atoms with van der Waals surface area (Å²) in [4.78, 5) is 24.9. The van der Waals surface area contributed by atoms with Crippen LogP contribution in [-0.2, 0) is 0 Å². The van der Waals surface area contributed by atoms with Crippen LogP contribution >= 0.6 is 0 Å². The lowest BCUT2D eigenvalue weighted by Gasteiger charge is -2.33. The first-order valence-corrected chi connectivity index (χ1v) is 8.26. The minimum Gasteiger partial charge on any atom is -0.352 e. The number of carbonyl (C=O) groups excluding carboxylic acids is 1. The topological polar surface area (TPSA) is 75.5 Å². The molecule has 0 aliphatic carbocycles. The summed E-state index contributed by atoms with van der Waals surface area (Å²) in [6.07, 6.45) is 4.75. The van der Waals surface area contributed by atoms with Crippen LogP contribution in [-0.4, -0.2) is 41.4 Å². The molecule has 0 spiro atoms. The van der Waals surface area contributed by atoms with E-state index >= 15 is 0 Å². The maximum absolute atomic E-state index is 12.1. The summed E-state index contributed by atoms with van der Waals surface area (Å²) in [5.74, 6) is -0.172. The molecule has 1 N–H and O–H groups in total. The third-order valence-corrected chi connectivity index (χ3v) is 4.50. The Labute approximate surface area is 137 Å². The maximum Gasteiger partial charge on any atom is 0.272 e. The van der Waals surface area contributed by atoms with Crippen molar-refractivity contribution in [1.29, 1.82) is 0 Å². The number of benzene rings is 1. The minimum atomic E-state index is -0.434. The van der Waals surface area contributed by atoms with Gasteiger partial charge < -0.3 is 10.2 Å². The van der Waals surface area contributed by atoms with E-state index in [1.54, 1.807) is 13.0 Å². The van der Waals surface area contributed by atoms with E-state index in [2.05, 4.69) is 17.1 Å². The average molecular weight is 319 g/mol. The lowest BCUT2D eigenvalue weighted by atomic mass is 10.0.